The molecule has 17 heavy (non-hydrogen) atoms. The van der Waals surface area contributed by atoms with Crippen LogP contribution in [0.15, 0.2) is 24.3 Å². The zero-order valence-electron chi connectivity index (χ0n) is 9.70. The number of anilines is 1. The highest BCUT2D eigenvalue weighted by Crippen LogP contribution is 2.34. The van der Waals surface area contributed by atoms with Crippen molar-refractivity contribution in [3.63, 3.8) is 0 Å². The van der Waals surface area contributed by atoms with E-state index >= 15 is 0 Å². The fourth-order valence-corrected chi connectivity index (χ4v) is 2.13. The van der Waals surface area contributed by atoms with Crippen molar-refractivity contribution in [2.45, 2.75) is 18.4 Å². The van der Waals surface area contributed by atoms with Gasteiger partial charge in [0.1, 0.15) is 5.75 Å². The summed E-state index contributed by atoms with van der Waals surface area (Å²) in [4.78, 5) is 1.85. The number of nitrogens with zero attached hydrogens (tertiary/aromatic N) is 1. The second-order valence-electron chi connectivity index (χ2n) is 4.38. The molecule has 0 radical (unpaired) electrons. The van der Waals surface area contributed by atoms with E-state index in [2.05, 4.69) is 0 Å². The first-order valence-corrected chi connectivity index (χ1v) is 5.52. The molecule has 2 rings (SSSR count). The van der Waals surface area contributed by atoms with Crippen molar-refractivity contribution in [1.29, 1.82) is 0 Å². The maximum Gasteiger partial charge on any atom is 0.258 e. The van der Waals surface area contributed by atoms with Crippen molar-refractivity contribution < 1.29 is 13.5 Å². The smallest absolute Gasteiger partial charge is 0.258 e. The first-order valence-electron chi connectivity index (χ1n) is 5.52. The van der Waals surface area contributed by atoms with Crippen molar-refractivity contribution in [3.05, 3.63) is 24.3 Å². The average molecular weight is 242 g/mol. The summed E-state index contributed by atoms with van der Waals surface area (Å²) in [6, 6.07) is 7.38. The number of hydrogen-bond acceptors (Lipinski definition) is 3. The SMILES string of the molecule is COc1ccccc1N1CCC(N)(C(F)F)C1. The summed E-state index contributed by atoms with van der Waals surface area (Å²) in [5.41, 5.74) is 5.11. The normalized spacial score (nSPS) is 24.4. The van der Waals surface area contributed by atoms with Gasteiger partial charge < -0.3 is 15.4 Å². The number of ether oxygens (including phenoxy) is 1. The summed E-state index contributed by atoms with van der Waals surface area (Å²) < 4.78 is 30.8. The van der Waals surface area contributed by atoms with E-state index < -0.39 is 12.0 Å². The van der Waals surface area contributed by atoms with Crippen molar-refractivity contribution in [2.75, 3.05) is 25.1 Å². The van der Waals surface area contributed by atoms with Gasteiger partial charge in [0, 0.05) is 13.1 Å². The zero-order valence-corrected chi connectivity index (χ0v) is 9.70. The molecule has 2 N–H and O–H groups in total. The molecule has 1 fully saturated rings. The Kier molecular flexibility index (Phi) is 3.19. The monoisotopic (exact) mass is 242 g/mol. The zero-order chi connectivity index (χ0) is 12.5. The maximum absolute atomic E-state index is 12.8. The molecule has 3 nitrogen and oxygen atoms in total. The first-order chi connectivity index (χ1) is 8.07. The lowest BCUT2D eigenvalue weighted by molar-refractivity contribution is 0.0655. The van der Waals surface area contributed by atoms with Crippen LogP contribution in [0.4, 0.5) is 14.5 Å². The third kappa shape index (κ3) is 2.20. The van der Waals surface area contributed by atoms with Gasteiger partial charge in [-0.25, -0.2) is 8.78 Å². The van der Waals surface area contributed by atoms with E-state index in [1.165, 1.54) is 0 Å². The van der Waals surface area contributed by atoms with E-state index in [4.69, 9.17) is 10.5 Å². The molecule has 1 aromatic rings. The summed E-state index contributed by atoms with van der Waals surface area (Å²) >= 11 is 0. The highest BCUT2D eigenvalue weighted by molar-refractivity contribution is 5.59. The van der Waals surface area contributed by atoms with Crippen molar-refractivity contribution in [2.24, 2.45) is 5.73 Å². The van der Waals surface area contributed by atoms with Crippen LogP contribution in [0.1, 0.15) is 6.42 Å². The molecule has 0 bridgehead atoms. The van der Waals surface area contributed by atoms with Crippen LogP contribution < -0.4 is 15.4 Å². The molecule has 0 aromatic heterocycles. The summed E-state index contributed by atoms with van der Waals surface area (Å²) in [6.07, 6.45) is -2.20. The molecule has 1 aliphatic heterocycles. The maximum atomic E-state index is 12.8. The van der Waals surface area contributed by atoms with Crippen LogP contribution in [0.25, 0.3) is 0 Å². The lowest BCUT2D eigenvalue weighted by Gasteiger charge is -2.25. The van der Waals surface area contributed by atoms with Crippen LogP contribution in [-0.2, 0) is 0 Å². The number of nitrogens with two attached hydrogens (primary N) is 1. The molecule has 1 unspecified atom stereocenters. The standard InChI is InChI=1S/C12H16F2N2O/c1-17-10-5-3-2-4-9(10)16-7-6-12(15,8-16)11(13)14/h2-5,11H,6-8,15H2,1H3. The molecular weight excluding hydrogens is 226 g/mol. The van der Waals surface area contributed by atoms with Crippen LogP contribution in [-0.4, -0.2) is 32.2 Å². The minimum Gasteiger partial charge on any atom is -0.495 e. The Morgan fingerprint density at radius 1 is 1.41 bits per heavy atom. The van der Waals surface area contributed by atoms with Crippen LogP contribution in [0, 0.1) is 0 Å². The van der Waals surface area contributed by atoms with E-state index in [0.29, 0.717) is 18.7 Å². The fourth-order valence-electron chi connectivity index (χ4n) is 2.13. The average Bonchev–Trinajstić information content (AvgIpc) is 2.73. The van der Waals surface area contributed by atoms with Gasteiger partial charge in [-0.1, -0.05) is 12.1 Å². The van der Waals surface area contributed by atoms with E-state index in [-0.39, 0.29) is 6.54 Å². The molecule has 1 atom stereocenters. The fraction of sp³-hybridized carbons (Fsp3) is 0.500. The summed E-state index contributed by atoms with van der Waals surface area (Å²) in [7, 11) is 1.57. The molecule has 1 aliphatic rings. The van der Waals surface area contributed by atoms with Crippen molar-refractivity contribution in [3.8, 4) is 5.75 Å². The second kappa shape index (κ2) is 4.49. The van der Waals surface area contributed by atoms with Gasteiger partial charge in [-0.05, 0) is 18.6 Å². The Hall–Kier alpha value is -1.36. The number of para-hydroxylation sites is 2. The van der Waals surface area contributed by atoms with Crippen molar-refractivity contribution in [1.82, 2.24) is 0 Å². The lowest BCUT2D eigenvalue weighted by atomic mass is 10.0. The number of hydrogen-bond donors (Lipinski definition) is 1. The predicted molar refractivity (Wildman–Crippen MR) is 62.7 cm³/mol. The third-order valence-electron chi connectivity index (χ3n) is 3.19. The quantitative estimate of drug-likeness (QED) is 0.879. The van der Waals surface area contributed by atoms with Gasteiger partial charge in [-0.15, -0.1) is 0 Å². The van der Waals surface area contributed by atoms with Gasteiger partial charge in [-0.3, -0.25) is 0 Å². The van der Waals surface area contributed by atoms with Crippen LogP contribution in [0.3, 0.4) is 0 Å². The molecule has 0 saturated carbocycles. The summed E-state index contributed by atoms with van der Waals surface area (Å²) in [5.74, 6) is 0.686. The van der Waals surface area contributed by atoms with Gasteiger partial charge in [0.25, 0.3) is 6.43 Å². The minimum absolute atomic E-state index is 0.158. The highest BCUT2D eigenvalue weighted by Gasteiger charge is 2.42. The van der Waals surface area contributed by atoms with Gasteiger partial charge in [0.05, 0.1) is 18.3 Å². The molecule has 1 aromatic carbocycles. The molecule has 94 valence electrons. The lowest BCUT2D eigenvalue weighted by Crippen LogP contribution is -2.49. The van der Waals surface area contributed by atoms with Crippen LogP contribution >= 0.6 is 0 Å². The first kappa shape index (κ1) is 12.1. The number of alkyl halides is 2. The predicted octanol–water partition coefficient (Wildman–Crippen LogP) is 1.87. The molecular formula is C12H16F2N2O. The Morgan fingerprint density at radius 2 is 2.12 bits per heavy atom. The number of methoxy groups -OCH3 is 1. The molecule has 1 saturated heterocycles. The van der Waals surface area contributed by atoms with Gasteiger partial charge in [-0.2, -0.15) is 0 Å². The third-order valence-corrected chi connectivity index (χ3v) is 3.19. The minimum atomic E-state index is -2.50. The van der Waals surface area contributed by atoms with E-state index in [9.17, 15) is 8.78 Å². The van der Waals surface area contributed by atoms with Gasteiger partial charge in [0.2, 0.25) is 0 Å². The van der Waals surface area contributed by atoms with E-state index in [1.54, 1.807) is 7.11 Å². The molecule has 0 amide bonds. The summed E-state index contributed by atoms with van der Waals surface area (Å²) in [6.45, 7) is 0.687. The summed E-state index contributed by atoms with van der Waals surface area (Å²) in [5, 5.41) is 0. The largest absolute Gasteiger partial charge is 0.495 e. The Balaban J connectivity index is 2.20. The number of benzene rings is 1. The van der Waals surface area contributed by atoms with Crippen LogP contribution in [0.5, 0.6) is 5.75 Å². The Labute approximate surface area is 99.2 Å². The topological polar surface area (TPSA) is 38.5 Å². The van der Waals surface area contributed by atoms with Crippen LogP contribution in [0.2, 0.25) is 0 Å². The van der Waals surface area contributed by atoms with E-state index in [1.807, 2.05) is 29.2 Å². The molecule has 5 heteroatoms. The van der Waals surface area contributed by atoms with Crippen molar-refractivity contribution >= 4 is 5.69 Å². The second-order valence-corrected chi connectivity index (χ2v) is 4.38. The van der Waals surface area contributed by atoms with Gasteiger partial charge >= 0.3 is 0 Å². The van der Waals surface area contributed by atoms with E-state index in [0.717, 1.165) is 5.69 Å². The number of halogens is 2. The Bertz CT molecular complexity index is 400. The van der Waals surface area contributed by atoms with Gasteiger partial charge in [0.15, 0.2) is 0 Å². The molecule has 0 aliphatic carbocycles. The Morgan fingerprint density at radius 3 is 2.71 bits per heavy atom. The highest BCUT2D eigenvalue weighted by atomic mass is 19.3. The molecule has 0 spiro atoms. The number of rotatable bonds is 3. The molecule has 1 heterocycles.